The lowest BCUT2D eigenvalue weighted by Crippen LogP contribution is -2.27. The van der Waals surface area contributed by atoms with Crippen molar-refractivity contribution in [2.24, 2.45) is 0 Å². The molecule has 0 fully saturated rings. The van der Waals surface area contributed by atoms with E-state index in [2.05, 4.69) is 17.3 Å². The molecule has 0 saturated heterocycles. The summed E-state index contributed by atoms with van der Waals surface area (Å²) < 4.78 is 6.60. The van der Waals surface area contributed by atoms with Crippen molar-refractivity contribution in [3.05, 3.63) is 81.0 Å². The van der Waals surface area contributed by atoms with E-state index < -0.39 is 5.97 Å². The van der Waals surface area contributed by atoms with E-state index in [0.29, 0.717) is 34.1 Å². The molecule has 0 aliphatic carbocycles. The van der Waals surface area contributed by atoms with Gasteiger partial charge in [-0.2, -0.15) is 0 Å². The average Bonchev–Trinajstić information content (AvgIpc) is 3.26. The summed E-state index contributed by atoms with van der Waals surface area (Å²) in [5, 5.41) is 4.00. The molecule has 0 unspecified atom stereocenters. The number of esters is 1. The summed E-state index contributed by atoms with van der Waals surface area (Å²) in [5.74, 6) is -0.578. The van der Waals surface area contributed by atoms with Gasteiger partial charge in [-0.25, -0.2) is 9.78 Å². The molecule has 8 nitrogen and oxygen atoms in total. The molecule has 1 amide bonds. The molecule has 0 saturated carbocycles. The number of carbonyl (C=O) groups excluding carboxylic acids is 2. The van der Waals surface area contributed by atoms with Crippen molar-refractivity contribution in [1.82, 2.24) is 14.5 Å². The lowest BCUT2D eigenvalue weighted by atomic mass is 10.1. The van der Waals surface area contributed by atoms with Gasteiger partial charge in [-0.15, -0.1) is 11.3 Å². The molecule has 1 aliphatic heterocycles. The van der Waals surface area contributed by atoms with Crippen LogP contribution in [0.1, 0.15) is 27.7 Å². The number of hydrogen-bond acceptors (Lipinski definition) is 8. The highest BCUT2D eigenvalue weighted by Crippen LogP contribution is 2.34. The second-order valence-corrected chi connectivity index (χ2v) is 10.7. The summed E-state index contributed by atoms with van der Waals surface area (Å²) in [7, 11) is 2.08. The van der Waals surface area contributed by atoms with Gasteiger partial charge in [0, 0.05) is 23.7 Å². The van der Waals surface area contributed by atoms with Gasteiger partial charge >= 0.3 is 5.97 Å². The molecule has 4 aromatic rings. The largest absolute Gasteiger partial charge is 0.462 e. The van der Waals surface area contributed by atoms with E-state index in [1.54, 1.807) is 47.1 Å². The van der Waals surface area contributed by atoms with E-state index in [0.717, 1.165) is 29.9 Å². The number of likely N-dealkylation sites (N-methyl/N-ethyl adjacent to an activating group) is 1. The molecule has 2 aromatic heterocycles. The molecule has 5 rings (SSSR count). The van der Waals surface area contributed by atoms with Crippen molar-refractivity contribution in [1.29, 1.82) is 0 Å². The van der Waals surface area contributed by atoms with Crippen molar-refractivity contribution in [3.63, 3.8) is 0 Å². The van der Waals surface area contributed by atoms with E-state index in [1.807, 2.05) is 30.3 Å². The molecule has 0 atom stereocenters. The Kier molecular flexibility index (Phi) is 7.40. The van der Waals surface area contributed by atoms with Crippen LogP contribution in [0.4, 0.5) is 5.69 Å². The minimum atomic E-state index is -0.404. The van der Waals surface area contributed by atoms with Gasteiger partial charge in [0.2, 0.25) is 5.91 Å². The second kappa shape index (κ2) is 10.9. The Morgan fingerprint density at radius 2 is 1.89 bits per heavy atom. The fourth-order valence-electron chi connectivity index (χ4n) is 4.28. The van der Waals surface area contributed by atoms with Gasteiger partial charge < -0.3 is 15.0 Å². The highest BCUT2D eigenvalue weighted by Gasteiger charge is 2.24. The Morgan fingerprint density at radius 3 is 2.62 bits per heavy atom. The van der Waals surface area contributed by atoms with Crippen LogP contribution in [0.25, 0.3) is 15.9 Å². The summed E-state index contributed by atoms with van der Waals surface area (Å²) in [4.78, 5) is 47.4. The molecular weight excluding hydrogens is 508 g/mol. The lowest BCUT2D eigenvalue weighted by molar-refractivity contribution is -0.113. The molecule has 0 spiro atoms. The maximum atomic E-state index is 13.8. The Bertz CT molecular complexity index is 1510. The Labute approximate surface area is 222 Å². The Balaban J connectivity index is 1.41. The minimum absolute atomic E-state index is 0.0677. The number of para-hydroxylation sites is 1. The van der Waals surface area contributed by atoms with Crippen molar-refractivity contribution in [2.45, 2.75) is 25.0 Å². The standard InChI is InChI=1S/C27H26N4O4S2/c1-3-35-26(34)17-9-11-18(12-10-17)28-22(32)16-36-27-29-24-23(20-13-14-30(2)15-21(20)37-24)25(33)31(27)19-7-5-4-6-8-19/h4-12H,3,13-16H2,1-2H3,(H,28,32). The number of anilines is 1. The number of ether oxygens (including phenoxy) is 1. The molecule has 0 bridgehead atoms. The number of aromatic nitrogens is 2. The number of hydrogen-bond donors (Lipinski definition) is 1. The van der Waals surface area contributed by atoms with Crippen molar-refractivity contribution in [3.8, 4) is 5.69 Å². The number of thiophene rings is 1. The van der Waals surface area contributed by atoms with Crippen molar-refractivity contribution < 1.29 is 14.3 Å². The first-order valence-electron chi connectivity index (χ1n) is 12.0. The number of thioether (sulfide) groups is 1. The van der Waals surface area contributed by atoms with Gasteiger partial charge in [-0.1, -0.05) is 30.0 Å². The summed E-state index contributed by atoms with van der Waals surface area (Å²) in [6.07, 6.45) is 0.821. The molecule has 37 heavy (non-hydrogen) atoms. The van der Waals surface area contributed by atoms with Gasteiger partial charge in [0.1, 0.15) is 4.83 Å². The molecular formula is C27H26N4O4S2. The molecule has 10 heteroatoms. The van der Waals surface area contributed by atoms with Crippen LogP contribution in [0.2, 0.25) is 0 Å². The van der Waals surface area contributed by atoms with Crippen LogP contribution in [-0.4, -0.2) is 52.3 Å². The number of carbonyl (C=O) groups is 2. The van der Waals surface area contributed by atoms with Crippen LogP contribution in [0.15, 0.2) is 64.5 Å². The highest BCUT2D eigenvalue weighted by molar-refractivity contribution is 7.99. The fraction of sp³-hybridized carbons (Fsp3) is 0.259. The van der Waals surface area contributed by atoms with E-state index in [1.165, 1.54) is 16.6 Å². The summed E-state index contributed by atoms with van der Waals surface area (Å²) in [6, 6.07) is 15.9. The van der Waals surface area contributed by atoms with Gasteiger partial charge in [0.05, 0.1) is 29.0 Å². The van der Waals surface area contributed by atoms with Gasteiger partial charge in [-0.3, -0.25) is 14.2 Å². The molecule has 0 radical (unpaired) electrons. The van der Waals surface area contributed by atoms with Crippen LogP contribution >= 0.6 is 23.1 Å². The molecule has 2 aromatic carbocycles. The summed E-state index contributed by atoms with van der Waals surface area (Å²) in [5.41, 5.74) is 2.70. The summed E-state index contributed by atoms with van der Waals surface area (Å²) >= 11 is 2.78. The number of amides is 1. The number of benzene rings is 2. The third kappa shape index (κ3) is 5.31. The monoisotopic (exact) mass is 534 g/mol. The zero-order chi connectivity index (χ0) is 25.9. The second-order valence-electron chi connectivity index (χ2n) is 8.68. The van der Waals surface area contributed by atoms with Crippen LogP contribution in [0.5, 0.6) is 0 Å². The number of nitrogens with one attached hydrogen (secondary N) is 1. The van der Waals surface area contributed by atoms with Crippen LogP contribution in [-0.2, 0) is 22.5 Å². The SMILES string of the molecule is CCOC(=O)c1ccc(NC(=O)CSc2nc3sc4c(c3c(=O)n2-c2ccccc2)CCN(C)C4)cc1. The van der Waals surface area contributed by atoms with Gasteiger partial charge in [0.25, 0.3) is 5.56 Å². The fourth-order valence-corrected chi connectivity index (χ4v) is 6.44. The van der Waals surface area contributed by atoms with E-state index in [9.17, 15) is 14.4 Å². The topological polar surface area (TPSA) is 93.5 Å². The van der Waals surface area contributed by atoms with E-state index >= 15 is 0 Å². The van der Waals surface area contributed by atoms with E-state index in [4.69, 9.17) is 9.72 Å². The zero-order valence-corrected chi connectivity index (χ0v) is 22.2. The predicted octanol–water partition coefficient (Wildman–Crippen LogP) is 4.34. The molecule has 1 aliphatic rings. The summed E-state index contributed by atoms with van der Waals surface area (Å²) in [6.45, 7) is 3.76. The normalized spacial score (nSPS) is 13.4. The Morgan fingerprint density at radius 1 is 1.14 bits per heavy atom. The molecule has 3 heterocycles. The smallest absolute Gasteiger partial charge is 0.338 e. The van der Waals surface area contributed by atoms with Gasteiger partial charge in [0.15, 0.2) is 5.16 Å². The highest BCUT2D eigenvalue weighted by atomic mass is 32.2. The number of fused-ring (bicyclic) bond motifs is 3. The average molecular weight is 535 g/mol. The van der Waals surface area contributed by atoms with E-state index in [-0.39, 0.29) is 17.2 Å². The van der Waals surface area contributed by atoms with Crippen LogP contribution < -0.4 is 10.9 Å². The maximum Gasteiger partial charge on any atom is 0.338 e. The van der Waals surface area contributed by atoms with Crippen LogP contribution in [0, 0.1) is 0 Å². The number of rotatable bonds is 7. The Hall–Kier alpha value is -3.47. The van der Waals surface area contributed by atoms with Gasteiger partial charge in [-0.05, 0) is 62.4 Å². The number of nitrogens with zero attached hydrogens (tertiary/aromatic N) is 3. The quantitative estimate of drug-likeness (QED) is 0.214. The van der Waals surface area contributed by atoms with Crippen molar-refractivity contribution >= 4 is 50.9 Å². The third-order valence-electron chi connectivity index (χ3n) is 6.06. The minimum Gasteiger partial charge on any atom is -0.462 e. The lowest BCUT2D eigenvalue weighted by Gasteiger charge is -2.21. The predicted molar refractivity (Wildman–Crippen MR) is 147 cm³/mol. The first-order chi connectivity index (χ1) is 17.9. The molecule has 1 N–H and O–H groups in total. The third-order valence-corrected chi connectivity index (χ3v) is 8.11. The van der Waals surface area contributed by atoms with Crippen LogP contribution in [0.3, 0.4) is 0 Å². The maximum absolute atomic E-state index is 13.8. The first kappa shape index (κ1) is 25.2. The zero-order valence-electron chi connectivity index (χ0n) is 20.5. The van der Waals surface area contributed by atoms with Crippen molar-refractivity contribution in [2.75, 3.05) is 31.3 Å². The molecule has 190 valence electrons. The first-order valence-corrected chi connectivity index (χ1v) is 13.8.